The number of carbonyl (C=O) groups is 2. The van der Waals surface area contributed by atoms with Crippen LogP contribution in [0.4, 0.5) is 4.79 Å². The number of nitrogens with zero attached hydrogens (tertiary/aromatic N) is 1. The van der Waals surface area contributed by atoms with Gasteiger partial charge in [-0.2, -0.15) is 0 Å². The lowest BCUT2D eigenvalue weighted by atomic mass is 9.97. The minimum Gasteiger partial charge on any atom is -0.368 e. The molecule has 1 aromatic heterocycles. The fourth-order valence-corrected chi connectivity index (χ4v) is 4.65. The Morgan fingerprint density at radius 1 is 1.06 bits per heavy atom. The third kappa shape index (κ3) is 6.17. The molecule has 4 N–H and O–H groups in total. The summed E-state index contributed by atoms with van der Waals surface area (Å²) in [6.45, 7) is 4.25. The van der Waals surface area contributed by atoms with Gasteiger partial charge in [0, 0.05) is 29.8 Å². The normalized spacial score (nSPS) is 12.7. The second kappa shape index (κ2) is 10.9. The second-order valence-electron chi connectivity index (χ2n) is 8.02. The van der Waals surface area contributed by atoms with Gasteiger partial charge in [0.2, 0.25) is 5.91 Å². The number of carbonyl (C=O) groups excluding carboxylic acids is 2. The van der Waals surface area contributed by atoms with Crippen molar-refractivity contribution >= 4 is 23.3 Å². The minimum atomic E-state index is -1.24. The number of hydrogen-bond acceptors (Lipinski definition) is 4. The van der Waals surface area contributed by atoms with E-state index in [1.807, 2.05) is 55.5 Å². The standard InChI is InChI=1S/C25H30N4O2S/c1-3-4-15-27-24(31)29-25(2,23(26)30)17-21-28-22(19-13-9-6-10-14-19)20(32-21)16-18-11-7-5-8-12-18/h5-14H,3-4,15-17H2,1-2H3,(H2,26,30)(H2,27,29,31). The largest absolute Gasteiger partial charge is 0.368 e. The van der Waals surface area contributed by atoms with Crippen molar-refractivity contribution in [1.82, 2.24) is 15.6 Å². The summed E-state index contributed by atoms with van der Waals surface area (Å²) in [5.41, 5.74) is 7.56. The van der Waals surface area contributed by atoms with Crippen molar-refractivity contribution in [3.05, 3.63) is 76.1 Å². The van der Waals surface area contributed by atoms with Gasteiger partial charge in [-0.15, -0.1) is 11.3 Å². The fraction of sp³-hybridized carbons (Fsp3) is 0.320. The van der Waals surface area contributed by atoms with Gasteiger partial charge in [-0.25, -0.2) is 9.78 Å². The van der Waals surface area contributed by atoms with Gasteiger partial charge in [0.1, 0.15) is 5.54 Å². The SMILES string of the molecule is CCCCNC(=O)NC(C)(Cc1nc(-c2ccccc2)c(Cc2ccccc2)s1)C(N)=O. The lowest BCUT2D eigenvalue weighted by molar-refractivity contribution is -0.123. The van der Waals surface area contributed by atoms with Crippen LogP contribution in [-0.4, -0.2) is 29.0 Å². The maximum absolute atomic E-state index is 12.3. The molecule has 0 fully saturated rings. The third-order valence-corrected chi connectivity index (χ3v) is 6.31. The van der Waals surface area contributed by atoms with Gasteiger partial charge in [0.25, 0.3) is 0 Å². The molecule has 3 aromatic rings. The zero-order valence-electron chi connectivity index (χ0n) is 18.6. The van der Waals surface area contributed by atoms with Gasteiger partial charge in [-0.05, 0) is 18.9 Å². The molecule has 1 atom stereocenters. The molecule has 3 rings (SSSR count). The molecule has 0 saturated heterocycles. The topological polar surface area (TPSA) is 97.1 Å². The fourth-order valence-electron chi connectivity index (χ4n) is 3.37. The molecule has 0 aliphatic carbocycles. The molecule has 0 aliphatic rings. The molecule has 0 bridgehead atoms. The van der Waals surface area contributed by atoms with E-state index in [0.717, 1.165) is 40.4 Å². The van der Waals surface area contributed by atoms with Crippen molar-refractivity contribution < 1.29 is 9.59 Å². The maximum atomic E-state index is 12.3. The number of unbranched alkanes of at least 4 members (excludes halogenated alkanes) is 1. The zero-order valence-corrected chi connectivity index (χ0v) is 19.4. The van der Waals surface area contributed by atoms with Crippen LogP contribution in [0.3, 0.4) is 0 Å². The van der Waals surface area contributed by atoms with Gasteiger partial charge < -0.3 is 16.4 Å². The van der Waals surface area contributed by atoms with Crippen LogP contribution in [0.25, 0.3) is 11.3 Å². The summed E-state index contributed by atoms with van der Waals surface area (Å²) in [6.07, 6.45) is 2.80. The highest BCUT2D eigenvalue weighted by Crippen LogP contribution is 2.32. The summed E-state index contributed by atoms with van der Waals surface area (Å²) in [6, 6.07) is 19.8. The van der Waals surface area contributed by atoms with Crippen LogP contribution in [0.15, 0.2) is 60.7 Å². The van der Waals surface area contributed by atoms with Crippen LogP contribution < -0.4 is 16.4 Å². The lowest BCUT2D eigenvalue weighted by Crippen LogP contribution is -2.59. The molecule has 7 heteroatoms. The summed E-state index contributed by atoms with van der Waals surface area (Å²) in [5, 5.41) is 6.30. The molecular weight excluding hydrogens is 420 g/mol. The van der Waals surface area contributed by atoms with Crippen LogP contribution in [0.2, 0.25) is 0 Å². The molecule has 2 aromatic carbocycles. The van der Waals surface area contributed by atoms with E-state index in [4.69, 9.17) is 10.7 Å². The Balaban J connectivity index is 1.87. The number of primary amides is 1. The Kier molecular flexibility index (Phi) is 8.00. The highest BCUT2D eigenvalue weighted by molar-refractivity contribution is 7.12. The summed E-state index contributed by atoms with van der Waals surface area (Å²) >= 11 is 1.55. The van der Waals surface area contributed by atoms with Crippen LogP contribution in [0.1, 0.15) is 42.1 Å². The number of hydrogen-bond donors (Lipinski definition) is 3. The van der Waals surface area contributed by atoms with Gasteiger partial charge in [-0.3, -0.25) is 4.79 Å². The van der Waals surface area contributed by atoms with Crippen LogP contribution in [0.5, 0.6) is 0 Å². The second-order valence-corrected chi connectivity index (χ2v) is 9.18. The Bertz CT molecular complexity index is 1040. The van der Waals surface area contributed by atoms with Crippen molar-refractivity contribution in [2.75, 3.05) is 6.54 Å². The number of thiazole rings is 1. The third-order valence-electron chi connectivity index (χ3n) is 5.25. The number of aromatic nitrogens is 1. The first-order chi connectivity index (χ1) is 15.4. The molecular formula is C25H30N4O2S. The van der Waals surface area contributed by atoms with Crippen molar-refractivity contribution in [1.29, 1.82) is 0 Å². The summed E-state index contributed by atoms with van der Waals surface area (Å²) < 4.78 is 0. The van der Waals surface area contributed by atoms with E-state index < -0.39 is 17.5 Å². The summed E-state index contributed by atoms with van der Waals surface area (Å²) in [5.74, 6) is -0.593. The molecule has 0 spiro atoms. The Hall–Kier alpha value is -3.19. The van der Waals surface area contributed by atoms with E-state index in [0.29, 0.717) is 6.54 Å². The molecule has 0 saturated carbocycles. The molecule has 1 heterocycles. The predicted molar refractivity (Wildman–Crippen MR) is 130 cm³/mol. The smallest absolute Gasteiger partial charge is 0.315 e. The van der Waals surface area contributed by atoms with Crippen molar-refractivity contribution in [2.45, 2.75) is 45.1 Å². The number of rotatable bonds is 10. The van der Waals surface area contributed by atoms with Gasteiger partial charge in [0.15, 0.2) is 0 Å². The predicted octanol–water partition coefficient (Wildman–Crippen LogP) is 4.29. The highest BCUT2D eigenvalue weighted by atomic mass is 32.1. The molecule has 0 radical (unpaired) electrons. The van der Waals surface area contributed by atoms with Crippen molar-refractivity contribution in [2.24, 2.45) is 5.73 Å². The average molecular weight is 451 g/mol. The first kappa shape index (κ1) is 23.5. The first-order valence-electron chi connectivity index (χ1n) is 10.8. The molecule has 1 unspecified atom stereocenters. The highest BCUT2D eigenvalue weighted by Gasteiger charge is 2.35. The maximum Gasteiger partial charge on any atom is 0.315 e. The van der Waals surface area contributed by atoms with Gasteiger partial charge in [-0.1, -0.05) is 74.0 Å². The molecule has 0 aliphatic heterocycles. The van der Waals surface area contributed by atoms with Crippen molar-refractivity contribution in [3.63, 3.8) is 0 Å². The number of benzene rings is 2. The number of urea groups is 1. The number of nitrogens with two attached hydrogens (primary N) is 1. The summed E-state index contributed by atoms with van der Waals surface area (Å²) in [4.78, 5) is 30.6. The van der Waals surface area contributed by atoms with E-state index in [9.17, 15) is 9.59 Å². The van der Waals surface area contributed by atoms with Crippen LogP contribution in [-0.2, 0) is 17.6 Å². The average Bonchev–Trinajstić information content (AvgIpc) is 3.16. The molecule has 168 valence electrons. The van der Waals surface area contributed by atoms with Gasteiger partial charge >= 0.3 is 6.03 Å². The number of nitrogens with one attached hydrogen (secondary N) is 2. The van der Waals surface area contributed by atoms with Crippen LogP contribution in [0, 0.1) is 0 Å². The van der Waals surface area contributed by atoms with Gasteiger partial charge in [0.05, 0.1) is 10.7 Å². The van der Waals surface area contributed by atoms with E-state index >= 15 is 0 Å². The first-order valence-corrected chi connectivity index (χ1v) is 11.7. The molecule has 32 heavy (non-hydrogen) atoms. The van der Waals surface area contributed by atoms with Crippen LogP contribution >= 0.6 is 11.3 Å². The van der Waals surface area contributed by atoms with E-state index in [1.54, 1.807) is 18.3 Å². The zero-order chi connectivity index (χ0) is 23.0. The summed E-state index contributed by atoms with van der Waals surface area (Å²) in [7, 11) is 0. The Labute approximate surface area is 193 Å². The Morgan fingerprint density at radius 3 is 2.34 bits per heavy atom. The van der Waals surface area contributed by atoms with Crippen molar-refractivity contribution in [3.8, 4) is 11.3 Å². The Morgan fingerprint density at radius 2 is 1.72 bits per heavy atom. The van der Waals surface area contributed by atoms with E-state index in [-0.39, 0.29) is 6.42 Å². The number of amides is 3. The lowest BCUT2D eigenvalue weighted by Gasteiger charge is -2.26. The van der Waals surface area contributed by atoms with E-state index in [1.165, 1.54) is 5.56 Å². The van der Waals surface area contributed by atoms with E-state index in [2.05, 4.69) is 22.8 Å². The molecule has 6 nitrogen and oxygen atoms in total. The quantitative estimate of drug-likeness (QED) is 0.402. The monoisotopic (exact) mass is 450 g/mol. The molecule has 3 amide bonds. The minimum absolute atomic E-state index is 0.225.